The number of hydrogen-bond acceptors (Lipinski definition) is 18. The van der Waals surface area contributed by atoms with Crippen molar-refractivity contribution in [3.63, 3.8) is 0 Å². The summed E-state index contributed by atoms with van der Waals surface area (Å²) in [5.41, 5.74) is 0.708. The van der Waals surface area contributed by atoms with Gasteiger partial charge in [0.1, 0.15) is 28.1 Å². The van der Waals surface area contributed by atoms with Crippen molar-refractivity contribution in [1.82, 2.24) is 45.0 Å². The van der Waals surface area contributed by atoms with E-state index < -0.39 is 35.1 Å². The predicted octanol–water partition coefficient (Wildman–Crippen LogP) is 5.98. The number of nitrogens with zero attached hydrogens (tertiary/aromatic N) is 10. The van der Waals surface area contributed by atoms with Gasteiger partial charge in [-0.3, -0.25) is 19.9 Å². The molecule has 11 rings (SSSR count). The Labute approximate surface area is 467 Å². The van der Waals surface area contributed by atoms with Crippen molar-refractivity contribution in [3.05, 3.63) is 71.8 Å². The number of hydrogen-bond donors (Lipinski definition) is 5. The Morgan fingerprint density at radius 2 is 1.33 bits per heavy atom. The second-order valence-corrected chi connectivity index (χ2v) is 22.6. The van der Waals surface area contributed by atoms with Crippen LogP contribution in [0.3, 0.4) is 0 Å². The summed E-state index contributed by atoms with van der Waals surface area (Å²) in [4.78, 5) is 90.2. The van der Waals surface area contributed by atoms with E-state index in [1.165, 1.54) is 24.5 Å². The predicted molar refractivity (Wildman–Crippen MR) is 295 cm³/mol. The number of halogens is 1. The number of anilines is 5. The molecule has 5 aromatic rings. The number of carbonyl (C=O) groups is 4. The first-order valence-electron chi connectivity index (χ1n) is 27.5. The van der Waals surface area contributed by atoms with Crippen LogP contribution in [0.25, 0.3) is 22.5 Å². The molecule has 6 aliphatic rings. The van der Waals surface area contributed by atoms with E-state index in [9.17, 15) is 24.3 Å². The van der Waals surface area contributed by atoms with Crippen LogP contribution in [0, 0.1) is 11.7 Å². The highest BCUT2D eigenvalue weighted by Gasteiger charge is 2.45. The largest absolute Gasteiger partial charge is 0.476 e. The molecule has 4 fully saturated rings. The second-order valence-electron chi connectivity index (χ2n) is 22.6. The molecule has 4 bridgehead atoms. The molecule has 0 spiro atoms. The van der Waals surface area contributed by atoms with E-state index in [1.807, 2.05) is 46.4 Å². The van der Waals surface area contributed by atoms with Crippen LogP contribution < -0.4 is 45.3 Å². The molecule has 3 aromatic heterocycles. The highest BCUT2D eigenvalue weighted by atomic mass is 19.1. The number of aliphatic hydroxyl groups excluding tert-OH is 1. The van der Waals surface area contributed by atoms with Gasteiger partial charge < -0.3 is 64.3 Å². The fourth-order valence-electron chi connectivity index (χ4n) is 11.3. The number of nitrogens with one attached hydrogen (secondary N) is 4. The van der Waals surface area contributed by atoms with Gasteiger partial charge in [0.2, 0.25) is 29.5 Å². The van der Waals surface area contributed by atoms with Crippen molar-refractivity contribution < 1.29 is 52.4 Å². The van der Waals surface area contributed by atoms with Crippen molar-refractivity contribution in [2.75, 3.05) is 91.3 Å². The molecule has 24 nitrogen and oxygen atoms in total. The van der Waals surface area contributed by atoms with Gasteiger partial charge in [-0.1, -0.05) is 18.2 Å². The zero-order valence-corrected chi connectivity index (χ0v) is 46.3. The first-order valence-corrected chi connectivity index (χ1v) is 27.5. The van der Waals surface area contributed by atoms with Gasteiger partial charge in [0, 0.05) is 62.0 Å². The molecule has 2 aromatic carbocycles. The van der Waals surface area contributed by atoms with Crippen LogP contribution in [0.15, 0.2) is 54.9 Å². The SMILES string of the molecule is CCN1CC(C)(C)Oc2nc(N3CC4CCC(C3)O4)nc(-c3ccc(NC(=O)Nc4cncc(OCC5CC6CN(c7nc8c(c(-c9ccc(NC(=O)N[C@H](C)CO)c(F)c9)n7)C(=O)N(CC)CC(C)(C)O8)CC5O6)n4)cc3)c2C1=O. The average molecular weight is 1120 g/mol. The van der Waals surface area contributed by atoms with Crippen LogP contribution >= 0.6 is 0 Å². The average Bonchev–Trinajstić information content (AvgIpc) is 3.89. The summed E-state index contributed by atoms with van der Waals surface area (Å²) in [7, 11) is 0. The summed E-state index contributed by atoms with van der Waals surface area (Å²) in [5, 5.41) is 19.9. The van der Waals surface area contributed by atoms with Crippen LogP contribution in [-0.4, -0.2) is 176 Å². The lowest BCUT2D eigenvalue weighted by Crippen LogP contribution is -2.45. The number of aromatic nitrogens is 6. The van der Waals surface area contributed by atoms with Crippen molar-refractivity contribution in [2.45, 2.75) is 109 Å². The van der Waals surface area contributed by atoms with E-state index in [-0.39, 0.29) is 119 Å². The number of urea groups is 2. The Kier molecular flexibility index (Phi) is 15.0. The van der Waals surface area contributed by atoms with Gasteiger partial charge >= 0.3 is 12.1 Å². The molecule has 81 heavy (non-hydrogen) atoms. The van der Waals surface area contributed by atoms with Gasteiger partial charge in [-0.15, -0.1) is 0 Å². The summed E-state index contributed by atoms with van der Waals surface area (Å²) in [5.74, 6) is -0.0740. The van der Waals surface area contributed by atoms with Gasteiger partial charge in [0.25, 0.3) is 11.8 Å². The zero-order valence-electron chi connectivity index (χ0n) is 46.3. The van der Waals surface area contributed by atoms with E-state index in [0.717, 1.165) is 12.8 Å². The van der Waals surface area contributed by atoms with E-state index >= 15 is 4.39 Å². The van der Waals surface area contributed by atoms with E-state index in [4.69, 9.17) is 43.6 Å². The smallest absolute Gasteiger partial charge is 0.324 e. The molecule has 6 aliphatic heterocycles. The third-order valence-corrected chi connectivity index (χ3v) is 15.1. The normalized spacial score (nSPS) is 22.8. The molecule has 0 aliphatic carbocycles. The fraction of sp³-hybridized carbons (Fsp3) is 0.500. The van der Waals surface area contributed by atoms with E-state index in [0.29, 0.717) is 75.1 Å². The summed E-state index contributed by atoms with van der Waals surface area (Å²) < 4.78 is 47.5. The van der Waals surface area contributed by atoms with E-state index in [1.54, 1.807) is 47.1 Å². The standard InChI is InChI=1S/C56H67FN14O10/c1-8-68-28-55(4,5)80-47-43(49(68)73)45(64-51(66-47)70-22-35-15-16-36(23-70)78-35)31-10-13-34(14-11-31)60-54(76)63-41-20-58-21-42(62-41)77-27-33-18-37-24-71(25-40(33)79-37)52-65-46(44-48(67-52)81-56(6,7)29-69(9-2)50(44)74)32-12-17-39(38(57)19-32)61-53(75)59-30(3)26-72/h10-14,17,19-21,30,33,35-37,40,72H,8-9,15-16,18,22-29H2,1-7H3,(H2,59,61,75)(H2,60,62,63,76)/t30-,33?,35?,36?,37?,40?/m1/s1. The molecule has 5 N–H and O–H groups in total. The minimum Gasteiger partial charge on any atom is -0.476 e. The van der Waals surface area contributed by atoms with Crippen LogP contribution in [0.1, 0.15) is 88.4 Å². The fourth-order valence-corrected chi connectivity index (χ4v) is 11.3. The molecule has 4 saturated heterocycles. The van der Waals surface area contributed by atoms with Gasteiger partial charge in [-0.2, -0.15) is 15.0 Å². The Bertz CT molecular complexity index is 3230. The van der Waals surface area contributed by atoms with Crippen LogP contribution in [0.4, 0.5) is 43.1 Å². The molecule has 25 heteroatoms. The zero-order chi connectivity index (χ0) is 56.9. The van der Waals surface area contributed by atoms with Crippen molar-refractivity contribution >= 4 is 53.0 Å². The molecule has 9 heterocycles. The Morgan fingerprint density at radius 1 is 0.741 bits per heavy atom. The third kappa shape index (κ3) is 11.8. The van der Waals surface area contributed by atoms with Gasteiger partial charge in [0.15, 0.2) is 5.82 Å². The molecule has 6 amide bonds. The highest BCUT2D eigenvalue weighted by Crippen LogP contribution is 2.41. The molecule has 428 valence electrons. The van der Waals surface area contributed by atoms with Gasteiger partial charge in [-0.25, -0.2) is 23.9 Å². The number of rotatable bonds is 14. The Hall–Kier alpha value is -8.03. The maximum Gasteiger partial charge on any atom is 0.324 e. The number of likely N-dealkylation sites (N-methyl/N-ethyl adjacent to an activating group) is 2. The van der Waals surface area contributed by atoms with Crippen molar-refractivity contribution in [3.8, 4) is 40.2 Å². The van der Waals surface area contributed by atoms with Crippen LogP contribution in [0.5, 0.6) is 17.6 Å². The van der Waals surface area contributed by atoms with Crippen LogP contribution in [-0.2, 0) is 9.47 Å². The quantitative estimate of drug-likeness (QED) is 0.0855. The molecule has 6 atom stereocenters. The molecular formula is C56H67FN14O10. The molecule has 0 saturated carbocycles. The number of fused-ring (bicyclic) bond motifs is 6. The summed E-state index contributed by atoms with van der Waals surface area (Å²) in [6, 6.07) is 9.38. The number of ether oxygens (including phenoxy) is 5. The van der Waals surface area contributed by atoms with Gasteiger partial charge in [-0.05, 0) is 92.0 Å². The first kappa shape index (κ1) is 54.9. The summed E-state index contributed by atoms with van der Waals surface area (Å²) in [6.07, 6.45) is 5.07. The maximum absolute atomic E-state index is 15.8. The lowest BCUT2D eigenvalue weighted by atomic mass is 10.0. The maximum atomic E-state index is 15.8. The number of amides is 6. The lowest BCUT2D eigenvalue weighted by Gasteiger charge is -2.33. The Balaban J connectivity index is 0.757. The lowest BCUT2D eigenvalue weighted by molar-refractivity contribution is 0.0141. The van der Waals surface area contributed by atoms with Gasteiger partial charge in [0.05, 0.1) is 86.2 Å². The number of carbonyl (C=O) groups excluding carboxylic acids is 4. The number of aliphatic hydroxyl groups is 1. The summed E-state index contributed by atoms with van der Waals surface area (Å²) >= 11 is 0. The topological polar surface area (TPSA) is 273 Å². The highest BCUT2D eigenvalue weighted by molar-refractivity contribution is 6.04. The second kappa shape index (κ2) is 22.1. The van der Waals surface area contributed by atoms with Crippen LogP contribution in [0.2, 0.25) is 0 Å². The number of morpholine rings is 2. The monoisotopic (exact) mass is 1110 g/mol. The molecular weight excluding hydrogens is 1050 g/mol. The molecule has 0 radical (unpaired) electrons. The minimum absolute atomic E-state index is 0.0669. The third-order valence-electron chi connectivity index (χ3n) is 15.1. The Morgan fingerprint density at radius 3 is 1.94 bits per heavy atom. The van der Waals surface area contributed by atoms with E-state index in [2.05, 4.69) is 36.1 Å². The summed E-state index contributed by atoms with van der Waals surface area (Å²) in [6.45, 7) is 16.5. The first-order chi connectivity index (χ1) is 38.8. The van der Waals surface area contributed by atoms with Crippen molar-refractivity contribution in [2.24, 2.45) is 5.92 Å². The number of benzene rings is 2. The minimum atomic E-state index is -0.832. The molecule has 5 unspecified atom stereocenters. The van der Waals surface area contributed by atoms with Crippen molar-refractivity contribution in [1.29, 1.82) is 0 Å².